The van der Waals surface area contributed by atoms with E-state index >= 15 is 0 Å². The third kappa shape index (κ3) is 3.58. The molecule has 0 aromatic carbocycles. The second-order valence-electron chi connectivity index (χ2n) is 5.67. The maximum atomic E-state index is 4.38. The fraction of sp³-hybridized carbons (Fsp3) is 0.800. The highest BCUT2D eigenvalue weighted by Gasteiger charge is 2.33. The summed E-state index contributed by atoms with van der Waals surface area (Å²) in [6.07, 6.45) is 9.42. The summed E-state index contributed by atoms with van der Waals surface area (Å²) < 4.78 is 2.02. The van der Waals surface area contributed by atoms with E-state index in [0.29, 0.717) is 6.04 Å². The van der Waals surface area contributed by atoms with Crippen molar-refractivity contribution < 1.29 is 0 Å². The Balaban J connectivity index is 1.94. The van der Waals surface area contributed by atoms with Crippen molar-refractivity contribution in [3.05, 3.63) is 18.0 Å². The SMILES string of the molecule is CCCNC(Cc1cnn(CC)c1)C(C)C1CC1. The molecule has 1 aromatic rings. The van der Waals surface area contributed by atoms with Crippen molar-refractivity contribution in [1.82, 2.24) is 15.1 Å². The Morgan fingerprint density at radius 3 is 2.78 bits per heavy atom. The van der Waals surface area contributed by atoms with Crippen molar-refractivity contribution in [1.29, 1.82) is 0 Å². The van der Waals surface area contributed by atoms with Crippen LogP contribution in [0.15, 0.2) is 12.4 Å². The van der Waals surface area contributed by atoms with E-state index in [2.05, 4.69) is 37.4 Å². The summed E-state index contributed by atoms with van der Waals surface area (Å²) in [5.41, 5.74) is 1.37. The highest BCUT2D eigenvalue weighted by atomic mass is 15.3. The van der Waals surface area contributed by atoms with Gasteiger partial charge in [-0.15, -0.1) is 0 Å². The molecule has 1 N–H and O–H groups in total. The van der Waals surface area contributed by atoms with Crippen LogP contribution in [0.4, 0.5) is 0 Å². The first kappa shape index (κ1) is 13.6. The van der Waals surface area contributed by atoms with Gasteiger partial charge in [0.05, 0.1) is 6.20 Å². The Morgan fingerprint density at radius 1 is 1.44 bits per heavy atom. The summed E-state index contributed by atoms with van der Waals surface area (Å²) in [4.78, 5) is 0. The molecule has 2 rings (SSSR count). The van der Waals surface area contributed by atoms with Crippen molar-refractivity contribution in [3.63, 3.8) is 0 Å². The second kappa shape index (κ2) is 6.37. The third-order valence-electron chi connectivity index (χ3n) is 4.12. The van der Waals surface area contributed by atoms with Gasteiger partial charge in [-0.2, -0.15) is 5.10 Å². The molecule has 0 amide bonds. The molecule has 0 radical (unpaired) electrons. The fourth-order valence-corrected chi connectivity index (χ4v) is 2.66. The lowest BCUT2D eigenvalue weighted by Crippen LogP contribution is -2.38. The molecule has 1 fully saturated rings. The Kier molecular flexibility index (Phi) is 4.81. The van der Waals surface area contributed by atoms with Crippen LogP contribution in [0.1, 0.15) is 45.6 Å². The molecule has 0 spiro atoms. The normalized spacial score (nSPS) is 18.8. The lowest BCUT2D eigenvalue weighted by Gasteiger charge is -2.24. The molecular weight excluding hydrogens is 222 g/mol. The topological polar surface area (TPSA) is 29.9 Å². The highest BCUT2D eigenvalue weighted by molar-refractivity contribution is 5.07. The monoisotopic (exact) mass is 249 g/mol. The van der Waals surface area contributed by atoms with Crippen molar-refractivity contribution in [2.75, 3.05) is 6.54 Å². The summed E-state index contributed by atoms with van der Waals surface area (Å²) in [5.74, 6) is 1.75. The summed E-state index contributed by atoms with van der Waals surface area (Å²) in [6.45, 7) is 8.88. The Labute approximate surface area is 111 Å². The Hall–Kier alpha value is -0.830. The minimum Gasteiger partial charge on any atom is -0.313 e. The first-order valence-electron chi connectivity index (χ1n) is 7.49. The molecule has 102 valence electrons. The molecule has 3 heteroatoms. The molecular formula is C15H27N3. The molecule has 18 heavy (non-hydrogen) atoms. The summed E-state index contributed by atoms with van der Waals surface area (Å²) >= 11 is 0. The molecule has 0 bridgehead atoms. The molecule has 1 aliphatic carbocycles. The van der Waals surface area contributed by atoms with Crippen LogP contribution < -0.4 is 5.32 Å². The van der Waals surface area contributed by atoms with Gasteiger partial charge in [-0.25, -0.2) is 0 Å². The number of hydrogen-bond acceptors (Lipinski definition) is 2. The van der Waals surface area contributed by atoms with Gasteiger partial charge in [-0.3, -0.25) is 4.68 Å². The minimum atomic E-state index is 0.618. The highest BCUT2D eigenvalue weighted by Crippen LogP contribution is 2.38. The molecule has 2 atom stereocenters. The van der Waals surface area contributed by atoms with Crippen LogP contribution >= 0.6 is 0 Å². The standard InChI is InChI=1S/C15H27N3/c1-4-8-16-15(12(3)14-6-7-14)9-13-10-17-18(5-2)11-13/h10-12,14-16H,4-9H2,1-3H3. The summed E-state index contributed by atoms with van der Waals surface area (Å²) in [6, 6.07) is 0.618. The Bertz CT molecular complexity index is 354. The zero-order chi connectivity index (χ0) is 13.0. The molecule has 1 aromatic heterocycles. The van der Waals surface area contributed by atoms with E-state index in [1.165, 1.54) is 24.8 Å². The van der Waals surface area contributed by atoms with Gasteiger partial charge in [0.1, 0.15) is 0 Å². The van der Waals surface area contributed by atoms with Gasteiger partial charge in [0.15, 0.2) is 0 Å². The lowest BCUT2D eigenvalue weighted by atomic mass is 9.92. The predicted molar refractivity (Wildman–Crippen MR) is 75.6 cm³/mol. The molecule has 0 saturated heterocycles. The molecule has 3 nitrogen and oxygen atoms in total. The van der Waals surface area contributed by atoms with Crippen LogP contribution in [0.3, 0.4) is 0 Å². The number of nitrogens with zero attached hydrogens (tertiary/aromatic N) is 2. The summed E-state index contributed by atoms with van der Waals surface area (Å²) in [5, 5.41) is 8.11. The van der Waals surface area contributed by atoms with Gasteiger partial charge in [0.25, 0.3) is 0 Å². The molecule has 1 aliphatic rings. The van der Waals surface area contributed by atoms with E-state index in [1.807, 2.05) is 10.9 Å². The van der Waals surface area contributed by atoms with E-state index < -0.39 is 0 Å². The third-order valence-corrected chi connectivity index (χ3v) is 4.12. The number of hydrogen-bond donors (Lipinski definition) is 1. The quantitative estimate of drug-likeness (QED) is 0.768. The van der Waals surface area contributed by atoms with E-state index in [9.17, 15) is 0 Å². The van der Waals surface area contributed by atoms with Crippen molar-refractivity contribution in [2.24, 2.45) is 11.8 Å². The van der Waals surface area contributed by atoms with E-state index in [0.717, 1.165) is 31.3 Å². The first-order valence-corrected chi connectivity index (χ1v) is 7.49. The second-order valence-corrected chi connectivity index (χ2v) is 5.67. The van der Waals surface area contributed by atoms with E-state index in [-0.39, 0.29) is 0 Å². The lowest BCUT2D eigenvalue weighted by molar-refractivity contribution is 0.339. The van der Waals surface area contributed by atoms with Crippen LogP contribution in [0.25, 0.3) is 0 Å². The molecule has 2 unspecified atom stereocenters. The van der Waals surface area contributed by atoms with Gasteiger partial charge in [-0.05, 0) is 56.6 Å². The van der Waals surface area contributed by atoms with Gasteiger partial charge >= 0.3 is 0 Å². The largest absolute Gasteiger partial charge is 0.313 e. The fourth-order valence-electron chi connectivity index (χ4n) is 2.66. The van der Waals surface area contributed by atoms with Crippen molar-refractivity contribution in [3.8, 4) is 0 Å². The number of aromatic nitrogens is 2. The van der Waals surface area contributed by atoms with Crippen LogP contribution in [0.2, 0.25) is 0 Å². The average Bonchev–Trinajstić information content (AvgIpc) is 3.14. The van der Waals surface area contributed by atoms with Crippen molar-refractivity contribution >= 4 is 0 Å². The van der Waals surface area contributed by atoms with Crippen LogP contribution in [0, 0.1) is 11.8 Å². The predicted octanol–water partition coefficient (Wildman–Crippen LogP) is 2.86. The first-order chi connectivity index (χ1) is 8.74. The molecule has 0 aliphatic heterocycles. The number of rotatable bonds is 8. The smallest absolute Gasteiger partial charge is 0.0522 e. The minimum absolute atomic E-state index is 0.618. The van der Waals surface area contributed by atoms with Crippen LogP contribution in [0.5, 0.6) is 0 Å². The maximum Gasteiger partial charge on any atom is 0.0522 e. The van der Waals surface area contributed by atoms with Gasteiger partial charge < -0.3 is 5.32 Å². The van der Waals surface area contributed by atoms with Crippen molar-refractivity contribution in [2.45, 2.75) is 59.0 Å². The van der Waals surface area contributed by atoms with E-state index in [4.69, 9.17) is 0 Å². The average molecular weight is 249 g/mol. The van der Waals surface area contributed by atoms with Gasteiger partial charge in [-0.1, -0.05) is 13.8 Å². The van der Waals surface area contributed by atoms with Gasteiger partial charge in [0.2, 0.25) is 0 Å². The van der Waals surface area contributed by atoms with Gasteiger partial charge in [0, 0.05) is 18.8 Å². The number of aryl methyl sites for hydroxylation is 1. The molecule has 1 heterocycles. The summed E-state index contributed by atoms with van der Waals surface area (Å²) in [7, 11) is 0. The van der Waals surface area contributed by atoms with Crippen LogP contribution in [-0.4, -0.2) is 22.4 Å². The Morgan fingerprint density at radius 2 is 2.22 bits per heavy atom. The maximum absolute atomic E-state index is 4.38. The molecule has 1 saturated carbocycles. The number of nitrogens with one attached hydrogen (secondary N) is 1. The van der Waals surface area contributed by atoms with Crippen LogP contribution in [-0.2, 0) is 13.0 Å². The zero-order valence-electron chi connectivity index (χ0n) is 12.0. The zero-order valence-corrected chi connectivity index (χ0v) is 12.0. The van der Waals surface area contributed by atoms with E-state index in [1.54, 1.807) is 0 Å².